The van der Waals surface area contributed by atoms with Crippen LogP contribution in [0.15, 0.2) is 41.8 Å². The Kier molecular flexibility index (Phi) is 4.02. The highest BCUT2D eigenvalue weighted by Gasteiger charge is 2.07. The molecule has 0 radical (unpaired) electrons. The van der Waals surface area contributed by atoms with E-state index in [2.05, 4.69) is 27.7 Å². The highest BCUT2D eigenvalue weighted by molar-refractivity contribution is 5.94. The Morgan fingerprint density at radius 1 is 1.41 bits per heavy atom. The van der Waals surface area contributed by atoms with Gasteiger partial charge >= 0.3 is 0 Å². The molecule has 17 heavy (non-hydrogen) atoms. The van der Waals surface area contributed by atoms with Crippen molar-refractivity contribution in [1.82, 2.24) is 10.4 Å². The van der Waals surface area contributed by atoms with Crippen LogP contribution in [0.4, 0.5) is 0 Å². The molecule has 4 nitrogen and oxygen atoms in total. The number of carbonyl (C=O) groups is 1. The van der Waals surface area contributed by atoms with Gasteiger partial charge in [-0.25, -0.2) is 5.43 Å². The molecule has 1 N–H and O–H groups in total. The van der Waals surface area contributed by atoms with Crippen LogP contribution < -0.4 is 5.43 Å². The number of hydrogen-bond acceptors (Lipinski definition) is 3. The summed E-state index contributed by atoms with van der Waals surface area (Å²) >= 11 is 0. The predicted molar refractivity (Wildman–Crippen MR) is 66.7 cm³/mol. The maximum Gasteiger partial charge on any atom is 0.271 e. The molecule has 1 amide bonds. The van der Waals surface area contributed by atoms with Crippen molar-refractivity contribution in [2.45, 2.75) is 19.3 Å². The molecule has 1 atom stereocenters. The molecule has 88 valence electrons. The van der Waals surface area contributed by atoms with E-state index in [4.69, 9.17) is 0 Å². The second-order valence-electron chi connectivity index (χ2n) is 4.00. The van der Waals surface area contributed by atoms with Crippen LogP contribution in [-0.4, -0.2) is 17.1 Å². The monoisotopic (exact) mass is 229 g/mol. The van der Waals surface area contributed by atoms with Crippen LogP contribution in [0.25, 0.3) is 0 Å². The third-order valence-electron chi connectivity index (χ3n) is 2.70. The van der Waals surface area contributed by atoms with Gasteiger partial charge in [-0.3, -0.25) is 9.78 Å². The average molecular weight is 229 g/mol. The number of rotatable bonds is 3. The second kappa shape index (κ2) is 5.94. The van der Waals surface area contributed by atoms with Crippen molar-refractivity contribution >= 4 is 12.1 Å². The Labute approximate surface area is 100 Å². The summed E-state index contributed by atoms with van der Waals surface area (Å²) in [5, 5.41) is 3.99. The van der Waals surface area contributed by atoms with Gasteiger partial charge in [0, 0.05) is 24.2 Å². The van der Waals surface area contributed by atoms with Crippen LogP contribution in [-0.2, 0) is 0 Å². The number of amides is 1. The first-order valence-electron chi connectivity index (χ1n) is 5.75. The lowest BCUT2D eigenvalue weighted by Crippen LogP contribution is -2.18. The van der Waals surface area contributed by atoms with Crippen molar-refractivity contribution in [3.05, 3.63) is 42.2 Å². The van der Waals surface area contributed by atoms with E-state index in [1.54, 1.807) is 24.5 Å². The lowest BCUT2D eigenvalue weighted by molar-refractivity contribution is 0.0955. The molecular formula is C13H15N3O. The topological polar surface area (TPSA) is 54.4 Å². The summed E-state index contributed by atoms with van der Waals surface area (Å²) in [7, 11) is 0. The summed E-state index contributed by atoms with van der Waals surface area (Å²) < 4.78 is 0. The molecule has 1 unspecified atom stereocenters. The molecule has 1 aliphatic rings. The lowest BCUT2D eigenvalue weighted by Gasteiger charge is -2.11. The number of carbonyl (C=O) groups excluding carboxylic acids is 1. The number of hydrazone groups is 1. The number of hydrogen-bond donors (Lipinski definition) is 1. The van der Waals surface area contributed by atoms with Gasteiger partial charge in [-0.15, -0.1) is 0 Å². The fourth-order valence-electron chi connectivity index (χ4n) is 1.72. The van der Waals surface area contributed by atoms with E-state index in [0.717, 1.165) is 19.3 Å². The van der Waals surface area contributed by atoms with Crippen molar-refractivity contribution in [2.24, 2.45) is 11.0 Å². The van der Waals surface area contributed by atoms with Crippen molar-refractivity contribution in [3.8, 4) is 0 Å². The van der Waals surface area contributed by atoms with E-state index >= 15 is 0 Å². The summed E-state index contributed by atoms with van der Waals surface area (Å²) in [6.07, 6.45) is 12.5. The number of nitrogens with one attached hydrogen (secondary N) is 1. The first kappa shape index (κ1) is 11.5. The molecule has 2 rings (SSSR count). The fraction of sp³-hybridized carbons (Fsp3) is 0.308. The highest BCUT2D eigenvalue weighted by atomic mass is 16.2. The van der Waals surface area contributed by atoms with Gasteiger partial charge < -0.3 is 0 Å². The summed E-state index contributed by atoms with van der Waals surface area (Å²) in [5.41, 5.74) is 3.09. The van der Waals surface area contributed by atoms with Crippen molar-refractivity contribution in [1.29, 1.82) is 0 Å². The number of allylic oxidation sites excluding steroid dienone is 2. The van der Waals surface area contributed by atoms with E-state index < -0.39 is 0 Å². The average Bonchev–Trinajstić information content (AvgIpc) is 2.41. The summed E-state index contributed by atoms with van der Waals surface area (Å²) in [6, 6.07) is 3.32. The number of aromatic nitrogens is 1. The molecule has 1 aromatic rings. The molecule has 0 saturated heterocycles. The van der Waals surface area contributed by atoms with Crippen LogP contribution in [0.3, 0.4) is 0 Å². The van der Waals surface area contributed by atoms with Crippen molar-refractivity contribution < 1.29 is 4.79 Å². The van der Waals surface area contributed by atoms with E-state index in [0.29, 0.717) is 11.5 Å². The Morgan fingerprint density at radius 2 is 2.24 bits per heavy atom. The normalized spacial score (nSPS) is 19.4. The third kappa shape index (κ3) is 3.52. The maximum atomic E-state index is 11.6. The van der Waals surface area contributed by atoms with Crippen LogP contribution in [0.5, 0.6) is 0 Å². The summed E-state index contributed by atoms with van der Waals surface area (Å²) in [4.78, 5) is 15.5. The van der Waals surface area contributed by atoms with Crippen molar-refractivity contribution in [3.63, 3.8) is 0 Å². The fourth-order valence-corrected chi connectivity index (χ4v) is 1.72. The van der Waals surface area contributed by atoms with Gasteiger partial charge in [-0.05, 0) is 37.3 Å². The number of nitrogens with zero attached hydrogens (tertiary/aromatic N) is 2. The van der Waals surface area contributed by atoms with E-state index in [-0.39, 0.29) is 5.91 Å². The zero-order valence-corrected chi connectivity index (χ0v) is 9.54. The molecular weight excluding hydrogens is 214 g/mol. The minimum Gasteiger partial charge on any atom is -0.267 e. The first-order chi connectivity index (χ1) is 8.36. The van der Waals surface area contributed by atoms with Gasteiger partial charge in [0.15, 0.2) is 0 Å². The van der Waals surface area contributed by atoms with Gasteiger partial charge in [0.05, 0.1) is 0 Å². The predicted octanol–water partition coefficient (Wildman–Crippen LogP) is 2.15. The smallest absolute Gasteiger partial charge is 0.267 e. The Balaban J connectivity index is 1.84. The van der Waals surface area contributed by atoms with Gasteiger partial charge in [-0.1, -0.05) is 12.2 Å². The summed E-state index contributed by atoms with van der Waals surface area (Å²) in [5.74, 6) is 0.243. The molecule has 0 saturated carbocycles. The SMILES string of the molecule is O=C(N/N=C/C1CC=CCC1)c1ccncc1. The van der Waals surface area contributed by atoms with E-state index in [1.807, 2.05) is 6.21 Å². The van der Waals surface area contributed by atoms with Crippen LogP contribution >= 0.6 is 0 Å². The minimum absolute atomic E-state index is 0.199. The molecule has 1 heterocycles. The van der Waals surface area contributed by atoms with E-state index in [1.165, 1.54) is 0 Å². The zero-order chi connectivity index (χ0) is 11.9. The Morgan fingerprint density at radius 3 is 2.94 bits per heavy atom. The van der Waals surface area contributed by atoms with Crippen LogP contribution in [0.1, 0.15) is 29.6 Å². The molecule has 0 aliphatic heterocycles. The van der Waals surface area contributed by atoms with Gasteiger partial charge in [0.2, 0.25) is 0 Å². The van der Waals surface area contributed by atoms with Crippen LogP contribution in [0.2, 0.25) is 0 Å². The Hall–Kier alpha value is -1.97. The van der Waals surface area contributed by atoms with Gasteiger partial charge in [-0.2, -0.15) is 5.10 Å². The molecule has 0 fully saturated rings. The van der Waals surface area contributed by atoms with Gasteiger partial charge in [0.1, 0.15) is 0 Å². The van der Waals surface area contributed by atoms with Crippen LogP contribution in [0, 0.1) is 5.92 Å². The largest absolute Gasteiger partial charge is 0.271 e. The zero-order valence-electron chi connectivity index (χ0n) is 9.54. The van der Waals surface area contributed by atoms with Crippen molar-refractivity contribution in [2.75, 3.05) is 0 Å². The second-order valence-corrected chi connectivity index (χ2v) is 4.00. The maximum absolute atomic E-state index is 11.6. The van der Waals surface area contributed by atoms with Gasteiger partial charge in [0.25, 0.3) is 5.91 Å². The molecule has 0 aromatic carbocycles. The third-order valence-corrected chi connectivity index (χ3v) is 2.70. The minimum atomic E-state index is -0.199. The highest BCUT2D eigenvalue weighted by Crippen LogP contribution is 2.15. The molecule has 0 bridgehead atoms. The summed E-state index contributed by atoms with van der Waals surface area (Å²) in [6.45, 7) is 0. The number of pyridine rings is 1. The molecule has 1 aliphatic carbocycles. The molecule has 0 spiro atoms. The Bertz CT molecular complexity index is 426. The molecule has 4 heteroatoms. The quantitative estimate of drug-likeness (QED) is 0.490. The standard InChI is InChI=1S/C13H15N3O/c17-13(12-6-8-14-9-7-12)16-15-10-11-4-2-1-3-5-11/h1-2,6-11H,3-5H2,(H,16,17)/b15-10+. The molecule has 1 aromatic heterocycles. The first-order valence-corrected chi connectivity index (χ1v) is 5.75. The lowest BCUT2D eigenvalue weighted by atomic mass is 9.96. The van der Waals surface area contributed by atoms with E-state index in [9.17, 15) is 4.79 Å².